The van der Waals surface area contributed by atoms with Gasteiger partial charge in [0.1, 0.15) is 12.9 Å². The van der Waals surface area contributed by atoms with E-state index >= 15 is 0 Å². The molecular weight excluding hydrogens is 562 g/mol. The molecule has 2 aliphatic heterocycles. The molecule has 2 aliphatic rings. The van der Waals surface area contributed by atoms with Gasteiger partial charge in [0.25, 0.3) is 0 Å². The fourth-order valence-electron chi connectivity index (χ4n) is 6.13. The molecule has 5 nitrogen and oxygen atoms in total. The lowest BCUT2D eigenvalue weighted by Crippen LogP contribution is -2.22. The lowest BCUT2D eigenvalue weighted by atomic mass is 9.97. The van der Waals surface area contributed by atoms with Gasteiger partial charge in [0.05, 0.1) is 22.2 Å². The zero-order valence-electron chi connectivity index (χ0n) is 24.0. The summed E-state index contributed by atoms with van der Waals surface area (Å²) in [6.07, 6.45) is 4.42. The Bertz CT molecular complexity index is 2140. The van der Waals surface area contributed by atoms with Gasteiger partial charge in [0.2, 0.25) is 11.4 Å². The number of rotatable bonds is 4. The molecule has 0 radical (unpaired) electrons. The first-order valence-electron chi connectivity index (χ1n) is 14.5. The average molecular weight is 589 g/mol. The summed E-state index contributed by atoms with van der Waals surface area (Å²) < 4.78 is 2.28. The number of allylic oxidation sites excluding steroid dienone is 3. The highest BCUT2D eigenvalue weighted by molar-refractivity contribution is 6.32. The Kier molecular flexibility index (Phi) is 6.32. The van der Waals surface area contributed by atoms with Crippen molar-refractivity contribution in [2.45, 2.75) is 0 Å². The van der Waals surface area contributed by atoms with Gasteiger partial charge in [0, 0.05) is 28.0 Å². The van der Waals surface area contributed by atoms with E-state index in [0.717, 1.165) is 56.7 Å². The van der Waals surface area contributed by atoms with E-state index < -0.39 is 0 Å². The maximum atomic E-state index is 6.40. The monoisotopic (exact) mass is 588 g/mol. The molecule has 0 aliphatic carbocycles. The summed E-state index contributed by atoms with van der Waals surface area (Å²) >= 11 is 6.40. The second-order valence-corrected chi connectivity index (χ2v) is 11.2. The molecule has 0 amide bonds. The molecule has 0 saturated heterocycles. The Labute approximate surface area is 261 Å². The summed E-state index contributed by atoms with van der Waals surface area (Å²) in [5.41, 5.74) is 9.36. The van der Waals surface area contributed by atoms with Gasteiger partial charge in [-0.25, -0.2) is 9.97 Å². The Morgan fingerprint density at radius 2 is 1.18 bits per heavy atom. The summed E-state index contributed by atoms with van der Waals surface area (Å²) in [5, 5.41) is 0.629. The Balaban J connectivity index is 1.40. The molecule has 6 heteroatoms. The van der Waals surface area contributed by atoms with Gasteiger partial charge < -0.3 is 0 Å². The third-order valence-electron chi connectivity index (χ3n) is 8.09. The molecule has 0 fully saturated rings. The van der Waals surface area contributed by atoms with E-state index in [1.54, 1.807) is 0 Å². The van der Waals surface area contributed by atoms with Gasteiger partial charge in [-0.05, 0) is 72.8 Å². The van der Waals surface area contributed by atoms with Gasteiger partial charge in [-0.1, -0.05) is 78.3 Å². The van der Waals surface area contributed by atoms with Crippen LogP contribution < -0.4 is 9.80 Å². The maximum absolute atomic E-state index is 6.40. The van der Waals surface area contributed by atoms with Crippen LogP contribution in [0.1, 0.15) is 11.1 Å². The Morgan fingerprint density at radius 1 is 0.614 bits per heavy atom. The maximum Gasteiger partial charge on any atom is 0.220 e. The molecular formula is C38H27ClN5+. The zero-order chi connectivity index (χ0) is 29.6. The summed E-state index contributed by atoms with van der Waals surface area (Å²) in [6.45, 7) is 0. The normalized spacial score (nSPS) is 15.9. The molecule has 1 aromatic heterocycles. The number of hydrogen-bond acceptors (Lipinski definition) is 4. The lowest BCUT2D eigenvalue weighted by Gasteiger charge is -2.24. The predicted octanol–water partition coefficient (Wildman–Crippen LogP) is 9.27. The minimum absolute atomic E-state index is 0.629. The van der Waals surface area contributed by atoms with Crippen molar-refractivity contribution in [2.75, 3.05) is 16.8 Å². The van der Waals surface area contributed by atoms with Crippen LogP contribution in [-0.2, 0) is 0 Å². The van der Waals surface area contributed by atoms with Crippen molar-refractivity contribution in [1.29, 1.82) is 0 Å². The number of anilines is 4. The molecule has 210 valence electrons. The summed E-state index contributed by atoms with van der Waals surface area (Å²) in [6, 6.07) is 45.4. The molecule has 0 N–H and O–H groups in total. The van der Waals surface area contributed by atoms with Crippen LogP contribution in [0.25, 0.3) is 16.6 Å². The van der Waals surface area contributed by atoms with Crippen LogP contribution >= 0.6 is 11.6 Å². The Morgan fingerprint density at radius 3 is 1.84 bits per heavy atom. The van der Waals surface area contributed by atoms with Crippen LogP contribution in [0.3, 0.4) is 0 Å². The fourth-order valence-corrected chi connectivity index (χ4v) is 6.30. The molecule has 0 spiro atoms. The van der Waals surface area contributed by atoms with E-state index in [2.05, 4.69) is 112 Å². The molecule has 0 bridgehead atoms. The number of aromatic nitrogens is 2. The fraction of sp³-hybridized carbons (Fsp3) is 0.0263. The smallest absolute Gasteiger partial charge is 0.220 e. The second-order valence-electron chi connectivity index (χ2n) is 10.7. The minimum atomic E-state index is 0.629. The third kappa shape index (κ3) is 4.29. The van der Waals surface area contributed by atoms with E-state index in [1.165, 1.54) is 11.3 Å². The quantitative estimate of drug-likeness (QED) is 0.192. The third-order valence-corrected chi connectivity index (χ3v) is 8.33. The van der Waals surface area contributed by atoms with Gasteiger partial charge in [-0.15, -0.1) is 0 Å². The van der Waals surface area contributed by atoms with Gasteiger partial charge in [0.15, 0.2) is 11.6 Å². The highest BCUT2D eigenvalue weighted by Crippen LogP contribution is 2.48. The topological polar surface area (TPSA) is 35.3 Å². The van der Waals surface area contributed by atoms with Crippen LogP contribution in [0.15, 0.2) is 151 Å². The highest BCUT2D eigenvalue weighted by atomic mass is 35.5. The van der Waals surface area contributed by atoms with Crippen LogP contribution in [0.4, 0.5) is 28.7 Å². The van der Waals surface area contributed by atoms with Crippen molar-refractivity contribution in [2.24, 2.45) is 0 Å². The predicted molar refractivity (Wildman–Crippen MR) is 181 cm³/mol. The van der Waals surface area contributed by atoms with E-state index in [4.69, 9.17) is 21.6 Å². The van der Waals surface area contributed by atoms with E-state index in [1.807, 2.05) is 54.6 Å². The molecule has 3 heterocycles. The standard InChI is InChI=1S/C38H27ClN5/c1-42-34-20-12-11-19-30(34)31(36(42)26-13-5-2-6-14-26)22-24-35-43(28-15-7-3-8-16-28)37-38(44(35)29-17-9-4-10-18-29)41-33-25-27(39)21-23-32(33)40-37/h2-25H,1H3/q+1. The van der Waals surface area contributed by atoms with Crippen molar-refractivity contribution in [3.05, 3.63) is 168 Å². The summed E-state index contributed by atoms with van der Waals surface area (Å²) in [5.74, 6) is 2.43. The number of halogens is 1. The van der Waals surface area contributed by atoms with Crippen molar-refractivity contribution < 1.29 is 4.58 Å². The second kappa shape index (κ2) is 10.6. The van der Waals surface area contributed by atoms with Crippen molar-refractivity contribution in [3.8, 4) is 0 Å². The number of hydrogen-bond donors (Lipinski definition) is 0. The molecule has 0 unspecified atom stereocenters. The van der Waals surface area contributed by atoms with E-state index in [0.29, 0.717) is 5.02 Å². The van der Waals surface area contributed by atoms with Gasteiger partial charge >= 0.3 is 0 Å². The van der Waals surface area contributed by atoms with E-state index in [-0.39, 0.29) is 0 Å². The van der Waals surface area contributed by atoms with E-state index in [9.17, 15) is 0 Å². The van der Waals surface area contributed by atoms with Crippen LogP contribution in [0.2, 0.25) is 5.02 Å². The first-order valence-corrected chi connectivity index (χ1v) is 14.9. The lowest BCUT2D eigenvalue weighted by molar-refractivity contribution is -0.400. The molecule has 44 heavy (non-hydrogen) atoms. The van der Waals surface area contributed by atoms with Crippen LogP contribution in [0, 0.1) is 0 Å². The summed E-state index contributed by atoms with van der Waals surface area (Å²) in [7, 11) is 2.14. The summed E-state index contributed by atoms with van der Waals surface area (Å²) in [4.78, 5) is 14.7. The number of para-hydroxylation sites is 3. The van der Waals surface area contributed by atoms with Crippen molar-refractivity contribution in [3.63, 3.8) is 0 Å². The largest absolute Gasteiger partial charge is 0.277 e. The van der Waals surface area contributed by atoms with Gasteiger partial charge in [-0.3, -0.25) is 9.80 Å². The van der Waals surface area contributed by atoms with Crippen molar-refractivity contribution >= 4 is 62.6 Å². The Hall–Kier alpha value is -5.52. The molecule has 0 saturated carbocycles. The minimum Gasteiger partial charge on any atom is -0.277 e. The molecule has 0 atom stereocenters. The SMILES string of the molecule is C[N+]1=C(c2ccccc2)/C(=C\C=C2/N(c3ccccc3)c3nc4ccc(Cl)cc4nc3N2c2ccccc2)c2ccccc21. The zero-order valence-corrected chi connectivity index (χ0v) is 24.7. The molecule has 6 aromatic rings. The van der Waals surface area contributed by atoms with Crippen LogP contribution in [-0.4, -0.2) is 27.3 Å². The number of nitrogens with zero attached hydrogens (tertiary/aromatic N) is 5. The number of benzene rings is 5. The molecule has 5 aromatic carbocycles. The molecule has 8 rings (SSSR count). The van der Waals surface area contributed by atoms with Crippen LogP contribution in [0.5, 0.6) is 0 Å². The highest BCUT2D eigenvalue weighted by Gasteiger charge is 2.38. The number of fused-ring (bicyclic) bond motifs is 3. The van der Waals surface area contributed by atoms with Gasteiger partial charge in [-0.2, -0.15) is 4.58 Å². The van der Waals surface area contributed by atoms with Crippen molar-refractivity contribution in [1.82, 2.24) is 9.97 Å². The first kappa shape index (κ1) is 26.1. The average Bonchev–Trinajstić information content (AvgIpc) is 3.54. The first-order chi connectivity index (χ1) is 21.7.